The van der Waals surface area contributed by atoms with Crippen molar-refractivity contribution in [2.24, 2.45) is 0 Å². The van der Waals surface area contributed by atoms with Crippen molar-refractivity contribution in [1.29, 1.82) is 0 Å². The molecule has 2 fully saturated rings. The topological polar surface area (TPSA) is 36.9 Å². The molecule has 114 valence electrons. The summed E-state index contributed by atoms with van der Waals surface area (Å²) in [5, 5.41) is 0. The van der Waals surface area contributed by atoms with E-state index in [9.17, 15) is 0 Å². The molecule has 4 heteroatoms. The molecule has 0 radical (unpaired) electrons. The Balaban J connectivity index is 1.91. The minimum atomic E-state index is -0.702. The molecule has 0 spiro atoms. The molecule has 22 heavy (non-hydrogen) atoms. The SMILES string of the molecule is c1ccc(C23COCOC2(c2ccccc2)COCO3)cc1. The molecule has 0 N–H and O–H groups in total. The third-order valence-electron chi connectivity index (χ3n) is 4.52. The van der Waals surface area contributed by atoms with Crippen LogP contribution in [-0.2, 0) is 30.1 Å². The second-order valence-electron chi connectivity index (χ2n) is 5.61. The highest BCUT2D eigenvalue weighted by atomic mass is 16.8. The minimum Gasteiger partial charge on any atom is -0.352 e. The van der Waals surface area contributed by atoms with Gasteiger partial charge in [0.1, 0.15) is 13.6 Å². The number of rotatable bonds is 2. The summed E-state index contributed by atoms with van der Waals surface area (Å²) in [6.45, 7) is 1.34. The molecule has 4 nitrogen and oxygen atoms in total. The summed E-state index contributed by atoms with van der Waals surface area (Å²) in [6.07, 6.45) is 0. The maximum atomic E-state index is 6.14. The summed E-state index contributed by atoms with van der Waals surface area (Å²) >= 11 is 0. The van der Waals surface area contributed by atoms with Gasteiger partial charge in [-0.05, 0) is 11.1 Å². The normalized spacial score (nSPS) is 31.5. The predicted molar refractivity (Wildman–Crippen MR) is 80.0 cm³/mol. The van der Waals surface area contributed by atoms with Gasteiger partial charge in [-0.2, -0.15) is 0 Å². The van der Waals surface area contributed by atoms with Gasteiger partial charge >= 0.3 is 0 Å². The number of fused-ring (bicyclic) bond motifs is 1. The van der Waals surface area contributed by atoms with Crippen molar-refractivity contribution in [3.05, 3.63) is 71.8 Å². The molecule has 2 atom stereocenters. The Morgan fingerprint density at radius 3 is 1.41 bits per heavy atom. The van der Waals surface area contributed by atoms with Crippen LogP contribution >= 0.6 is 0 Å². The Labute approximate surface area is 129 Å². The van der Waals surface area contributed by atoms with Gasteiger partial charge in [-0.25, -0.2) is 0 Å². The monoisotopic (exact) mass is 298 g/mol. The molecule has 2 aliphatic heterocycles. The minimum absolute atomic E-state index is 0.232. The van der Waals surface area contributed by atoms with Crippen LogP contribution in [0.2, 0.25) is 0 Å². The zero-order valence-electron chi connectivity index (χ0n) is 12.2. The van der Waals surface area contributed by atoms with Gasteiger partial charge in [0.15, 0.2) is 11.2 Å². The molecular weight excluding hydrogens is 280 g/mol. The first kappa shape index (κ1) is 13.9. The summed E-state index contributed by atoms with van der Waals surface area (Å²) in [5.74, 6) is 0. The van der Waals surface area contributed by atoms with E-state index >= 15 is 0 Å². The fraction of sp³-hybridized carbons (Fsp3) is 0.333. The second kappa shape index (κ2) is 5.48. The van der Waals surface area contributed by atoms with Crippen LogP contribution in [0.25, 0.3) is 0 Å². The van der Waals surface area contributed by atoms with Crippen molar-refractivity contribution >= 4 is 0 Å². The van der Waals surface area contributed by atoms with E-state index in [1.54, 1.807) is 0 Å². The van der Waals surface area contributed by atoms with Gasteiger partial charge in [0, 0.05) is 0 Å². The van der Waals surface area contributed by atoms with Gasteiger partial charge in [-0.3, -0.25) is 0 Å². The van der Waals surface area contributed by atoms with Crippen LogP contribution < -0.4 is 0 Å². The van der Waals surface area contributed by atoms with E-state index in [-0.39, 0.29) is 13.6 Å². The lowest BCUT2D eigenvalue weighted by molar-refractivity contribution is -0.380. The second-order valence-corrected chi connectivity index (χ2v) is 5.61. The Hall–Kier alpha value is -1.72. The molecule has 2 aromatic carbocycles. The van der Waals surface area contributed by atoms with Gasteiger partial charge in [0.25, 0.3) is 0 Å². The molecule has 2 heterocycles. The van der Waals surface area contributed by atoms with E-state index in [0.717, 1.165) is 11.1 Å². The van der Waals surface area contributed by atoms with Crippen LogP contribution in [0.4, 0.5) is 0 Å². The molecule has 2 unspecified atom stereocenters. The Kier molecular flexibility index (Phi) is 3.47. The lowest BCUT2D eigenvalue weighted by Gasteiger charge is -2.54. The van der Waals surface area contributed by atoms with Crippen LogP contribution in [-0.4, -0.2) is 26.8 Å². The van der Waals surface area contributed by atoms with Crippen molar-refractivity contribution in [1.82, 2.24) is 0 Å². The zero-order chi connectivity index (χ0) is 14.9. The van der Waals surface area contributed by atoms with Crippen molar-refractivity contribution in [2.45, 2.75) is 11.2 Å². The average Bonchev–Trinajstić information content (AvgIpc) is 2.63. The first-order valence-electron chi connectivity index (χ1n) is 7.42. The fourth-order valence-corrected chi connectivity index (χ4v) is 3.42. The van der Waals surface area contributed by atoms with Crippen molar-refractivity contribution < 1.29 is 18.9 Å². The summed E-state index contributed by atoms with van der Waals surface area (Å²) in [7, 11) is 0. The van der Waals surface area contributed by atoms with Crippen LogP contribution in [0, 0.1) is 0 Å². The van der Waals surface area contributed by atoms with E-state index in [1.807, 2.05) is 36.4 Å². The molecule has 0 bridgehead atoms. The molecule has 4 rings (SSSR count). The highest BCUT2D eigenvalue weighted by Gasteiger charge is 2.60. The molecule has 0 saturated carbocycles. The van der Waals surface area contributed by atoms with Gasteiger partial charge in [-0.15, -0.1) is 0 Å². The standard InChI is InChI=1S/C18H18O4/c1-3-7-15(8-4-1)17-11-19-14-22-18(17,12-20-13-21-17)16-9-5-2-6-10-16/h1-10H,11-14H2. The van der Waals surface area contributed by atoms with E-state index in [0.29, 0.717) is 13.2 Å². The summed E-state index contributed by atoms with van der Waals surface area (Å²) in [6, 6.07) is 20.2. The highest BCUT2D eigenvalue weighted by molar-refractivity contribution is 5.36. The predicted octanol–water partition coefficient (Wildman–Crippen LogP) is 2.79. The summed E-state index contributed by atoms with van der Waals surface area (Å²) in [4.78, 5) is 0. The third-order valence-corrected chi connectivity index (χ3v) is 4.52. The lowest BCUT2D eigenvalue weighted by atomic mass is 9.72. The molecule has 0 aliphatic carbocycles. The first-order valence-corrected chi connectivity index (χ1v) is 7.42. The van der Waals surface area contributed by atoms with E-state index < -0.39 is 11.2 Å². The third kappa shape index (κ3) is 1.92. The van der Waals surface area contributed by atoms with E-state index in [2.05, 4.69) is 24.3 Å². The highest BCUT2D eigenvalue weighted by Crippen LogP contribution is 2.50. The van der Waals surface area contributed by atoms with Crippen LogP contribution in [0.1, 0.15) is 11.1 Å². The van der Waals surface area contributed by atoms with Gasteiger partial charge < -0.3 is 18.9 Å². The van der Waals surface area contributed by atoms with Gasteiger partial charge in [0.05, 0.1) is 13.2 Å². The summed E-state index contributed by atoms with van der Waals surface area (Å²) in [5.41, 5.74) is 0.682. The number of hydrogen-bond donors (Lipinski definition) is 0. The molecule has 2 aliphatic rings. The number of benzene rings is 2. The fourth-order valence-electron chi connectivity index (χ4n) is 3.42. The first-order chi connectivity index (χ1) is 10.9. The number of hydrogen-bond acceptors (Lipinski definition) is 4. The van der Waals surface area contributed by atoms with E-state index in [4.69, 9.17) is 18.9 Å². The largest absolute Gasteiger partial charge is 0.352 e. The number of ether oxygens (including phenoxy) is 4. The van der Waals surface area contributed by atoms with Gasteiger partial charge in [0.2, 0.25) is 0 Å². The lowest BCUT2D eigenvalue weighted by Crippen LogP contribution is -2.63. The van der Waals surface area contributed by atoms with Crippen molar-refractivity contribution in [2.75, 3.05) is 26.8 Å². The van der Waals surface area contributed by atoms with Crippen LogP contribution in [0.5, 0.6) is 0 Å². The Bertz CT molecular complexity index is 557. The quantitative estimate of drug-likeness (QED) is 0.854. The average molecular weight is 298 g/mol. The van der Waals surface area contributed by atoms with Gasteiger partial charge in [-0.1, -0.05) is 60.7 Å². The molecule has 2 saturated heterocycles. The molecule has 2 aromatic rings. The maximum Gasteiger partial charge on any atom is 0.155 e. The van der Waals surface area contributed by atoms with Crippen molar-refractivity contribution in [3.63, 3.8) is 0 Å². The summed E-state index contributed by atoms with van der Waals surface area (Å²) < 4.78 is 23.6. The Morgan fingerprint density at radius 1 is 0.591 bits per heavy atom. The Morgan fingerprint density at radius 2 is 1.00 bits per heavy atom. The maximum absolute atomic E-state index is 6.14. The van der Waals surface area contributed by atoms with E-state index in [1.165, 1.54) is 0 Å². The zero-order valence-corrected chi connectivity index (χ0v) is 12.2. The van der Waals surface area contributed by atoms with Crippen molar-refractivity contribution in [3.8, 4) is 0 Å². The van der Waals surface area contributed by atoms with Crippen LogP contribution in [0.3, 0.4) is 0 Å². The molecule has 0 aromatic heterocycles. The van der Waals surface area contributed by atoms with Crippen LogP contribution in [0.15, 0.2) is 60.7 Å². The molecular formula is C18H18O4. The molecule has 0 amide bonds. The smallest absolute Gasteiger partial charge is 0.155 e.